The Labute approximate surface area is 190 Å². The molecule has 0 amide bonds. The fraction of sp³-hybridized carbons (Fsp3) is 0.417. The first-order valence-electron chi connectivity index (χ1n) is 11.2. The molecule has 1 N–H and O–H groups in total. The van der Waals surface area contributed by atoms with E-state index in [-0.39, 0.29) is 11.4 Å². The van der Waals surface area contributed by atoms with Crippen molar-refractivity contribution in [3.63, 3.8) is 0 Å². The van der Waals surface area contributed by atoms with Crippen LogP contribution in [0.5, 0.6) is 0 Å². The maximum Gasteiger partial charge on any atom is 0.337 e. The van der Waals surface area contributed by atoms with E-state index in [1.54, 1.807) is 18.3 Å². The van der Waals surface area contributed by atoms with Crippen LogP contribution in [0.3, 0.4) is 0 Å². The van der Waals surface area contributed by atoms with Crippen LogP contribution in [0.25, 0.3) is 10.8 Å². The number of rotatable bonds is 6. The summed E-state index contributed by atoms with van der Waals surface area (Å²) in [5.74, 6) is 3.39. The molecular weight excluding hydrogens is 427 g/mol. The van der Waals surface area contributed by atoms with Crippen LogP contribution in [0, 0.1) is 5.82 Å². The van der Waals surface area contributed by atoms with Crippen molar-refractivity contribution >= 4 is 34.0 Å². The molecule has 168 valence electrons. The standard InChI is InChI=1S/C24H27FN4O2S/c25-18-3-2-17-4-7-27-24(19(17)14-18)29-11-9-28(10-12-29)8-1-6-26-21-15-23(30)31-22-5-13-32-16-20(21)22/h2-4,7,14-15,26H,1,5-6,8-13,16H2. The number of aryl methyl sites for hydroxylation is 1. The molecule has 8 heteroatoms. The lowest BCUT2D eigenvalue weighted by Gasteiger charge is -2.36. The highest BCUT2D eigenvalue weighted by Crippen LogP contribution is 2.29. The molecule has 5 rings (SSSR count). The van der Waals surface area contributed by atoms with Crippen LogP contribution in [0.15, 0.2) is 45.7 Å². The zero-order valence-electron chi connectivity index (χ0n) is 18.0. The number of nitrogens with zero attached hydrogens (tertiary/aromatic N) is 3. The third-order valence-electron chi connectivity index (χ3n) is 6.21. The third kappa shape index (κ3) is 4.61. The Balaban J connectivity index is 1.13. The van der Waals surface area contributed by atoms with Crippen molar-refractivity contribution in [2.24, 2.45) is 0 Å². The average Bonchev–Trinajstić information content (AvgIpc) is 2.81. The summed E-state index contributed by atoms with van der Waals surface area (Å²) in [6.07, 6.45) is 3.63. The first-order valence-corrected chi connectivity index (χ1v) is 12.3. The summed E-state index contributed by atoms with van der Waals surface area (Å²) in [4.78, 5) is 21.1. The van der Waals surface area contributed by atoms with Gasteiger partial charge in [0.1, 0.15) is 17.4 Å². The molecule has 2 aliphatic rings. The summed E-state index contributed by atoms with van der Waals surface area (Å²) in [5, 5.41) is 5.35. The number of pyridine rings is 1. The first kappa shape index (κ1) is 21.3. The van der Waals surface area contributed by atoms with E-state index >= 15 is 0 Å². The highest BCUT2D eigenvalue weighted by Gasteiger charge is 2.20. The van der Waals surface area contributed by atoms with E-state index in [0.29, 0.717) is 0 Å². The Morgan fingerprint density at radius 3 is 2.91 bits per heavy atom. The smallest absolute Gasteiger partial charge is 0.337 e. The molecule has 1 aromatic carbocycles. The first-order chi connectivity index (χ1) is 15.7. The van der Waals surface area contributed by atoms with E-state index in [1.165, 1.54) is 6.07 Å². The van der Waals surface area contributed by atoms with Crippen molar-refractivity contribution in [1.82, 2.24) is 9.88 Å². The van der Waals surface area contributed by atoms with E-state index < -0.39 is 0 Å². The number of thioether (sulfide) groups is 1. The molecule has 0 radical (unpaired) electrons. The molecule has 0 spiro atoms. The molecule has 3 aromatic rings. The number of halogens is 1. The van der Waals surface area contributed by atoms with Gasteiger partial charge in [0.25, 0.3) is 0 Å². The lowest BCUT2D eigenvalue weighted by Crippen LogP contribution is -2.47. The minimum absolute atomic E-state index is 0.228. The van der Waals surface area contributed by atoms with Crippen LogP contribution in [0.1, 0.15) is 17.7 Å². The van der Waals surface area contributed by atoms with Gasteiger partial charge >= 0.3 is 5.63 Å². The molecule has 1 saturated heterocycles. The molecule has 0 saturated carbocycles. The molecule has 2 aromatic heterocycles. The summed E-state index contributed by atoms with van der Waals surface area (Å²) < 4.78 is 19.1. The number of benzene rings is 1. The van der Waals surface area contributed by atoms with Crippen LogP contribution in [0.4, 0.5) is 15.9 Å². The minimum Gasteiger partial charge on any atom is -0.427 e. The van der Waals surface area contributed by atoms with Crippen LogP contribution in [-0.4, -0.2) is 54.9 Å². The molecule has 6 nitrogen and oxygen atoms in total. The second kappa shape index (κ2) is 9.50. The van der Waals surface area contributed by atoms with Gasteiger partial charge in [0.05, 0.1) is 0 Å². The number of fused-ring (bicyclic) bond motifs is 2. The summed E-state index contributed by atoms with van der Waals surface area (Å²) in [6.45, 7) is 5.48. The number of aromatic nitrogens is 1. The normalized spacial score (nSPS) is 16.8. The Hall–Kier alpha value is -2.58. The van der Waals surface area contributed by atoms with Gasteiger partial charge in [-0.3, -0.25) is 4.90 Å². The number of nitrogens with one attached hydrogen (secondary N) is 1. The Bertz CT molecular complexity index is 1160. The molecule has 2 aliphatic heterocycles. The quantitative estimate of drug-likeness (QED) is 0.570. The van der Waals surface area contributed by atoms with Gasteiger partial charge in [0.15, 0.2) is 0 Å². The fourth-order valence-electron chi connectivity index (χ4n) is 4.51. The number of anilines is 2. The molecule has 1 fully saturated rings. The van der Waals surface area contributed by atoms with Crippen molar-refractivity contribution in [2.75, 3.05) is 55.2 Å². The van der Waals surface area contributed by atoms with Crippen molar-refractivity contribution < 1.29 is 8.81 Å². The predicted molar refractivity (Wildman–Crippen MR) is 128 cm³/mol. The van der Waals surface area contributed by atoms with Crippen LogP contribution in [-0.2, 0) is 12.2 Å². The van der Waals surface area contributed by atoms with Crippen molar-refractivity contribution in [3.05, 3.63) is 64.1 Å². The van der Waals surface area contributed by atoms with Crippen molar-refractivity contribution in [2.45, 2.75) is 18.6 Å². The van der Waals surface area contributed by atoms with Gasteiger partial charge in [-0.25, -0.2) is 14.2 Å². The van der Waals surface area contributed by atoms with Crippen LogP contribution in [0.2, 0.25) is 0 Å². The topological polar surface area (TPSA) is 61.6 Å². The Morgan fingerprint density at radius 2 is 2.03 bits per heavy atom. The van der Waals surface area contributed by atoms with Gasteiger partial charge in [-0.15, -0.1) is 0 Å². The van der Waals surface area contributed by atoms with E-state index in [0.717, 1.165) is 97.2 Å². The second-order valence-electron chi connectivity index (χ2n) is 8.29. The summed E-state index contributed by atoms with van der Waals surface area (Å²) in [5.41, 5.74) is 1.81. The highest BCUT2D eigenvalue weighted by atomic mass is 32.2. The molecule has 4 heterocycles. The SMILES string of the molecule is O=c1cc(NCCCN2CCN(c3nccc4ccc(F)cc34)CC2)c2c(o1)CCSC2. The van der Waals surface area contributed by atoms with Gasteiger partial charge in [-0.05, 0) is 36.6 Å². The van der Waals surface area contributed by atoms with Crippen LogP contribution >= 0.6 is 11.8 Å². The Morgan fingerprint density at radius 1 is 1.16 bits per heavy atom. The largest absolute Gasteiger partial charge is 0.427 e. The predicted octanol–water partition coefficient (Wildman–Crippen LogP) is 3.74. The summed E-state index contributed by atoms with van der Waals surface area (Å²) in [6, 6.07) is 8.40. The second-order valence-corrected chi connectivity index (χ2v) is 9.40. The molecular formula is C24H27FN4O2S. The number of hydrogen-bond donors (Lipinski definition) is 1. The molecule has 0 aliphatic carbocycles. The fourth-order valence-corrected chi connectivity index (χ4v) is 5.51. The Kier molecular flexibility index (Phi) is 6.32. The number of hydrogen-bond acceptors (Lipinski definition) is 7. The van der Waals surface area contributed by atoms with E-state index in [9.17, 15) is 9.18 Å². The molecule has 0 bridgehead atoms. The maximum atomic E-state index is 13.8. The zero-order valence-corrected chi connectivity index (χ0v) is 18.8. The van der Waals surface area contributed by atoms with Crippen LogP contribution < -0.4 is 15.8 Å². The number of piperazine rings is 1. The zero-order chi connectivity index (χ0) is 21.9. The van der Waals surface area contributed by atoms with Gasteiger partial charge in [-0.2, -0.15) is 11.8 Å². The summed E-state index contributed by atoms with van der Waals surface area (Å²) >= 11 is 1.88. The van der Waals surface area contributed by atoms with Gasteiger partial charge in [0.2, 0.25) is 0 Å². The minimum atomic E-state index is -0.267. The maximum absolute atomic E-state index is 13.8. The van der Waals surface area contributed by atoms with Crippen molar-refractivity contribution in [3.8, 4) is 0 Å². The average molecular weight is 455 g/mol. The molecule has 32 heavy (non-hydrogen) atoms. The van der Waals surface area contributed by atoms with Gasteiger partial charge < -0.3 is 14.6 Å². The van der Waals surface area contributed by atoms with E-state index in [4.69, 9.17) is 4.42 Å². The third-order valence-corrected chi connectivity index (χ3v) is 7.20. The molecule has 0 atom stereocenters. The molecule has 0 unspecified atom stereocenters. The van der Waals surface area contributed by atoms with Crippen molar-refractivity contribution in [1.29, 1.82) is 0 Å². The van der Waals surface area contributed by atoms with E-state index in [1.807, 2.05) is 23.9 Å². The van der Waals surface area contributed by atoms with Gasteiger partial charge in [0, 0.05) is 79.6 Å². The van der Waals surface area contributed by atoms with E-state index in [2.05, 4.69) is 20.1 Å². The summed E-state index contributed by atoms with van der Waals surface area (Å²) in [7, 11) is 0. The lowest BCUT2D eigenvalue weighted by atomic mass is 10.1. The highest BCUT2D eigenvalue weighted by molar-refractivity contribution is 7.98. The lowest BCUT2D eigenvalue weighted by molar-refractivity contribution is 0.257. The van der Waals surface area contributed by atoms with Gasteiger partial charge in [-0.1, -0.05) is 6.07 Å². The monoisotopic (exact) mass is 454 g/mol.